The van der Waals surface area contributed by atoms with E-state index in [0.717, 1.165) is 5.01 Å². The molecule has 1 aromatic heterocycles. The highest BCUT2D eigenvalue weighted by atomic mass is 35.5. The molecular weight excluding hydrogens is 472 g/mol. The molecule has 0 bridgehead atoms. The molecule has 0 fully saturated rings. The van der Waals surface area contributed by atoms with Crippen LogP contribution in [0.5, 0.6) is 11.5 Å². The Morgan fingerprint density at radius 2 is 1.72 bits per heavy atom. The fourth-order valence-corrected chi connectivity index (χ4v) is 5.18. The lowest BCUT2D eigenvalue weighted by molar-refractivity contribution is 0.186. The number of hydrogen-bond donors (Lipinski definition) is 0. The topological polar surface area (TPSA) is 78.0 Å². The highest BCUT2D eigenvalue weighted by Crippen LogP contribution is 2.23. The van der Waals surface area contributed by atoms with Crippen LogP contribution in [0.1, 0.15) is 17.1 Å². The minimum atomic E-state index is -3.71. The molecular formula is C22H25ClN2O5S2. The zero-order valence-electron chi connectivity index (χ0n) is 17.9. The Labute approximate surface area is 197 Å². The zero-order chi connectivity index (χ0) is 23.0. The van der Waals surface area contributed by atoms with Crippen molar-refractivity contribution in [3.05, 3.63) is 69.6 Å². The summed E-state index contributed by atoms with van der Waals surface area (Å²) in [5.74, 6) is 1.29. The number of nitrogens with zero attached hydrogens (tertiary/aromatic N) is 2. The Balaban J connectivity index is 1.71. The average Bonchev–Trinajstić information content (AvgIpc) is 3.25. The van der Waals surface area contributed by atoms with Crippen LogP contribution in [-0.2, 0) is 27.9 Å². The molecule has 7 nitrogen and oxygen atoms in total. The molecule has 0 atom stereocenters. The first-order valence-corrected chi connectivity index (χ1v) is 12.6. The second-order valence-electron chi connectivity index (χ2n) is 6.84. The Kier molecular flexibility index (Phi) is 8.89. The fraction of sp³-hybridized carbons (Fsp3) is 0.318. The number of aromatic nitrogens is 1. The van der Waals surface area contributed by atoms with Crippen LogP contribution in [0.15, 0.2) is 58.8 Å². The number of hydrogen-bond acceptors (Lipinski definition) is 7. The maximum atomic E-state index is 13.3. The summed E-state index contributed by atoms with van der Waals surface area (Å²) in [5.41, 5.74) is 0.666. The lowest BCUT2D eigenvalue weighted by Crippen LogP contribution is -2.32. The van der Waals surface area contributed by atoms with Crippen molar-refractivity contribution in [2.24, 2.45) is 0 Å². The van der Waals surface area contributed by atoms with Crippen molar-refractivity contribution < 1.29 is 22.6 Å². The predicted octanol–water partition coefficient (Wildman–Crippen LogP) is 4.61. The molecule has 0 saturated heterocycles. The van der Waals surface area contributed by atoms with Crippen molar-refractivity contribution in [2.75, 3.05) is 27.4 Å². The summed E-state index contributed by atoms with van der Waals surface area (Å²) in [4.78, 5) is 4.76. The maximum Gasteiger partial charge on any atom is 0.243 e. The van der Waals surface area contributed by atoms with Gasteiger partial charge in [-0.25, -0.2) is 13.4 Å². The third-order valence-corrected chi connectivity index (χ3v) is 7.55. The van der Waals surface area contributed by atoms with Crippen molar-refractivity contribution in [2.45, 2.75) is 24.5 Å². The van der Waals surface area contributed by atoms with Gasteiger partial charge in [-0.1, -0.05) is 11.6 Å². The van der Waals surface area contributed by atoms with Gasteiger partial charge in [0.05, 0.1) is 24.2 Å². The largest absolute Gasteiger partial charge is 0.497 e. The quantitative estimate of drug-likeness (QED) is 0.341. The van der Waals surface area contributed by atoms with Crippen LogP contribution in [0.2, 0.25) is 5.02 Å². The van der Waals surface area contributed by atoms with Crippen LogP contribution in [0, 0.1) is 0 Å². The van der Waals surface area contributed by atoms with E-state index >= 15 is 0 Å². The first-order valence-electron chi connectivity index (χ1n) is 9.87. The molecule has 0 N–H and O–H groups in total. The number of benzene rings is 2. The molecule has 0 unspecified atom stereocenters. The van der Waals surface area contributed by atoms with Crippen LogP contribution < -0.4 is 9.47 Å². The second kappa shape index (κ2) is 11.6. The van der Waals surface area contributed by atoms with Gasteiger partial charge in [0.2, 0.25) is 10.0 Å². The van der Waals surface area contributed by atoms with Gasteiger partial charge in [-0.15, -0.1) is 11.3 Å². The molecule has 1 heterocycles. The minimum absolute atomic E-state index is 0.162. The molecule has 0 amide bonds. The first kappa shape index (κ1) is 24.5. The summed E-state index contributed by atoms with van der Waals surface area (Å²) >= 11 is 7.32. The lowest BCUT2D eigenvalue weighted by Gasteiger charge is -2.21. The van der Waals surface area contributed by atoms with Gasteiger partial charge in [0.1, 0.15) is 23.1 Å². The third-order valence-electron chi connectivity index (χ3n) is 4.57. The van der Waals surface area contributed by atoms with Crippen LogP contribution in [0.25, 0.3) is 0 Å². The molecule has 0 aliphatic carbocycles. The molecule has 0 spiro atoms. The number of sulfonamides is 1. The van der Waals surface area contributed by atoms with Crippen LogP contribution in [0.4, 0.5) is 0 Å². The third kappa shape index (κ3) is 6.66. The van der Waals surface area contributed by atoms with Gasteiger partial charge in [0.25, 0.3) is 0 Å². The number of ether oxygens (including phenoxy) is 3. The van der Waals surface area contributed by atoms with E-state index in [1.165, 1.54) is 22.8 Å². The molecule has 172 valence electrons. The summed E-state index contributed by atoms with van der Waals surface area (Å²) in [5, 5.41) is 3.25. The van der Waals surface area contributed by atoms with Crippen LogP contribution in [-0.4, -0.2) is 45.1 Å². The molecule has 0 radical (unpaired) electrons. The van der Waals surface area contributed by atoms with Crippen LogP contribution in [0.3, 0.4) is 0 Å². The summed E-state index contributed by atoms with van der Waals surface area (Å²) in [7, 11) is -0.580. The second-order valence-corrected chi connectivity index (χ2v) is 10.2. The van der Waals surface area contributed by atoms with Gasteiger partial charge in [0, 0.05) is 30.7 Å². The molecule has 0 aliphatic rings. The summed E-state index contributed by atoms with van der Waals surface area (Å²) < 4.78 is 43.9. The van der Waals surface area contributed by atoms with Gasteiger partial charge >= 0.3 is 0 Å². The Morgan fingerprint density at radius 3 is 2.38 bits per heavy atom. The van der Waals surface area contributed by atoms with Gasteiger partial charge in [0.15, 0.2) is 0 Å². The van der Waals surface area contributed by atoms with Gasteiger partial charge in [-0.3, -0.25) is 0 Å². The smallest absolute Gasteiger partial charge is 0.243 e. The predicted molar refractivity (Wildman–Crippen MR) is 125 cm³/mol. The normalized spacial score (nSPS) is 11.6. The van der Waals surface area contributed by atoms with E-state index in [-0.39, 0.29) is 11.4 Å². The number of halogens is 1. The van der Waals surface area contributed by atoms with E-state index in [9.17, 15) is 8.42 Å². The van der Waals surface area contributed by atoms with Gasteiger partial charge in [-0.05, 0) is 55.0 Å². The molecule has 0 aliphatic heterocycles. The summed E-state index contributed by atoms with van der Waals surface area (Å²) in [6.07, 6.45) is 0.572. The summed E-state index contributed by atoms with van der Waals surface area (Å²) in [6, 6.07) is 13.4. The van der Waals surface area contributed by atoms with E-state index in [2.05, 4.69) is 4.98 Å². The van der Waals surface area contributed by atoms with Gasteiger partial charge in [-0.2, -0.15) is 4.31 Å². The van der Waals surface area contributed by atoms with E-state index in [1.54, 1.807) is 55.6 Å². The molecule has 0 saturated carbocycles. The average molecular weight is 497 g/mol. The van der Waals surface area contributed by atoms with Crippen molar-refractivity contribution in [1.82, 2.24) is 9.29 Å². The molecule has 3 aromatic rings. The minimum Gasteiger partial charge on any atom is -0.497 e. The van der Waals surface area contributed by atoms with E-state index in [4.69, 9.17) is 25.8 Å². The highest BCUT2D eigenvalue weighted by Gasteiger charge is 2.25. The van der Waals surface area contributed by atoms with E-state index in [1.807, 2.05) is 5.38 Å². The standard InChI is InChI=1S/C22H25ClN2O5S2/c1-28-13-3-12-25(32(26,27)21-10-8-19(29-2)9-11-21)14-18-16-31-22(24-18)15-30-20-6-4-17(23)5-7-20/h4-11,16H,3,12-15H2,1-2H3. The Bertz CT molecular complexity index is 1090. The zero-order valence-corrected chi connectivity index (χ0v) is 20.3. The summed E-state index contributed by atoms with van der Waals surface area (Å²) in [6.45, 7) is 1.24. The molecule has 2 aromatic carbocycles. The SMILES string of the molecule is COCCCN(Cc1csc(COc2ccc(Cl)cc2)n1)S(=O)(=O)c1ccc(OC)cc1. The number of thiazole rings is 1. The van der Waals surface area contributed by atoms with Gasteiger partial charge < -0.3 is 14.2 Å². The van der Waals surface area contributed by atoms with Crippen molar-refractivity contribution in [3.63, 3.8) is 0 Å². The number of methoxy groups -OCH3 is 2. The molecule has 3 rings (SSSR count). The highest BCUT2D eigenvalue weighted by molar-refractivity contribution is 7.89. The van der Waals surface area contributed by atoms with Crippen LogP contribution >= 0.6 is 22.9 Å². The lowest BCUT2D eigenvalue weighted by atomic mass is 10.3. The first-order chi connectivity index (χ1) is 15.4. The van der Waals surface area contributed by atoms with Crippen molar-refractivity contribution >= 4 is 33.0 Å². The fourth-order valence-electron chi connectivity index (χ4n) is 2.91. The maximum absolute atomic E-state index is 13.3. The van der Waals surface area contributed by atoms with Crippen molar-refractivity contribution in [1.29, 1.82) is 0 Å². The molecule has 10 heteroatoms. The molecule has 32 heavy (non-hydrogen) atoms. The Morgan fingerprint density at radius 1 is 1.03 bits per heavy atom. The van der Waals surface area contributed by atoms with Crippen molar-refractivity contribution in [3.8, 4) is 11.5 Å². The number of rotatable bonds is 12. The van der Waals surface area contributed by atoms with E-state index < -0.39 is 10.0 Å². The monoisotopic (exact) mass is 496 g/mol. The van der Waals surface area contributed by atoms with E-state index in [0.29, 0.717) is 48.4 Å². The Hall–Kier alpha value is -2.17.